The number of nitrogens with zero attached hydrogens (tertiary/aromatic N) is 2. The van der Waals surface area contributed by atoms with Crippen molar-refractivity contribution >= 4 is 28.6 Å². The molecule has 2 unspecified atom stereocenters. The topological polar surface area (TPSA) is 89.4 Å². The minimum Gasteiger partial charge on any atom is -0.439 e. The Balaban J connectivity index is 1.90. The van der Waals surface area contributed by atoms with Gasteiger partial charge in [-0.2, -0.15) is 0 Å². The summed E-state index contributed by atoms with van der Waals surface area (Å²) >= 11 is 0. The second-order valence-corrected chi connectivity index (χ2v) is 5.17. The van der Waals surface area contributed by atoms with E-state index in [1.54, 1.807) is 32.0 Å². The molecule has 3 rings (SSSR count). The van der Waals surface area contributed by atoms with Crippen molar-refractivity contribution in [2.24, 2.45) is 11.8 Å². The molecule has 1 aromatic carbocycles. The SMILES string of the molecule is CC1C(=O)N(Cc2nc3cc(N)ccc3o2)C(=O)C1C. The number of likely N-dealkylation sites (tertiary alicyclic amines) is 1. The maximum atomic E-state index is 12.0. The minimum atomic E-state index is -0.289. The molecule has 1 fully saturated rings. The number of anilines is 1. The molecule has 2 amide bonds. The van der Waals surface area contributed by atoms with E-state index in [0.29, 0.717) is 22.7 Å². The van der Waals surface area contributed by atoms with E-state index in [-0.39, 0.29) is 30.2 Å². The van der Waals surface area contributed by atoms with E-state index in [0.717, 1.165) is 0 Å². The third-order valence-electron chi connectivity index (χ3n) is 3.81. The van der Waals surface area contributed by atoms with Crippen LogP contribution in [0.1, 0.15) is 19.7 Å². The van der Waals surface area contributed by atoms with E-state index in [2.05, 4.69) is 4.98 Å². The standard InChI is InChI=1S/C14H15N3O3/c1-7-8(2)14(19)17(13(7)18)6-12-16-10-5-9(15)3-4-11(10)20-12/h3-5,7-8H,6,15H2,1-2H3. The summed E-state index contributed by atoms with van der Waals surface area (Å²) in [5.74, 6) is -0.591. The fourth-order valence-electron chi connectivity index (χ4n) is 2.38. The number of carbonyl (C=O) groups is 2. The van der Waals surface area contributed by atoms with E-state index in [1.807, 2.05) is 0 Å². The summed E-state index contributed by atoms with van der Waals surface area (Å²) in [6.07, 6.45) is 0. The van der Waals surface area contributed by atoms with Crippen molar-refractivity contribution in [3.05, 3.63) is 24.1 Å². The molecular formula is C14H15N3O3. The average Bonchev–Trinajstić information content (AvgIpc) is 2.89. The summed E-state index contributed by atoms with van der Waals surface area (Å²) in [6.45, 7) is 3.59. The molecule has 20 heavy (non-hydrogen) atoms. The van der Waals surface area contributed by atoms with Gasteiger partial charge >= 0.3 is 0 Å². The lowest BCUT2D eigenvalue weighted by Gasteiger charge is -2.11. The lowest BCUT2D eigenvalue weighted by Crippen LogP contribution is -2.30. The number of oxazole rings is 1. The molecule has 2 heterocycles. The highest BCUT2D eigenvalue weighted by atomic mass is 16.3. The van der Waals surface area contributed by atoms with Crippen molar-refractivity contribution in [1.82, 2.24) is 9.88 Å². The van der Waals surface area contributed by atoms with Crippen LogP contribution < -0.4 is 5.73 Å². The average molecular weight is 273 g/mol. The van der Waals surface area contributed by atoms with Crippen LogP contribution in [0.25, 0.3) is 11.1 Å². The molecule has 0 radical (unpaired) electrons. The first-order valence-corrected chi connectivity index (χ1v) is 6.47. The second kappa shape index (κ2) is 4.33. The van der Waals surface area contributed by atoms with E-state index < -0.39 is 0 Å². The predicted molar refractivity (Wildman–Crippen MR) is 72.3 cm³/mol. The van der Waals surface area contributed by atoms with Crippen LogP contribution in [0.5, 0.6) is 0 Å². The van der Waals surface area contributed by atoms with Gasteiger partial charge in [-0.1, -0.05) is 13.8 Å². The van der Waals surface area contributed by atoms with E-state index in [4.69, 9.17) is 10.2 Å². The van der Waals surface area contributed by atoms with Gasteiger partial charge < -0.3 is 10.2 Å². The number of nitrogens with two attached hydrogens (primary N) is 1. The molecule has 6 nitrogen and oxygen atoms in total. The number of imide groups is 1. The highest BCUT2D eigenvalue weighted by molar-refractivity contribution is 6.04. The van der Waals surface area contributed by atoms with Crippen molar-refractivity contribution in [1.29, 1.82) is 0 Å². The highest BCUT2D eigenvalue weighted by Gasteiger charge is 2.42. The van der Waals surface area contributed by atoms with Crippen LogP contribution in [0.2, 0.25) is 0 Å². The van der Waals surface area contributed by atoms with Gasteiger partial charge in [-0.25, -0.2) is 4.98 Å². The summed E-state index contributed by atoms with van der Waals surface area (Å²) in [5, 5.41) is 0. The van der Waals surface area contributed by atoms with Gasteiger partial charge in [0.05, 0.1) is 0 Å². The fourth-order valence-corrected chi connectivity index (χ4v) is 2.38. The van der Waals surface area contributed by atoms with E-state index in [1.165, 1.54) is 4.90 Å². The second-order valence-electron chi connectivity index (χ2n) is 5.17. The molecular weight excluding hydrogens is 258 g/mol. The Labute approximate surface area is 115 Å². The number of fused-ring (bicyclic) bond motifs is 1. The third-order valence-corrected chi connectivity index (χ3v) is 3.81. The Bertz CT molecular complexity index is 687. The van der Waals surface area contributed by atoms with Crippen LogP contribution in [0.15, 0.2) is 22.6 Å². The molecule has 0 aliphatic carbocycles. The molecule has 6 heteroatoms. The monoisotopic (exact) mass is 273 g/mol. The van der Waals surface area contributed by atoms with Crippen molar-refractivity contribution in [2.75, 3.05) is 5.73 Å². The lowest BCUT2D eigenvalue weighted by atomic mass is 10.00. The van der Waals surface area contributed by atoms with Crippen LogP contribution in [-0.2, 0) is 16.1 Å². The number of hydrogen-bond acceptors (Lipinski definition) is 5. The number of amides is 2. The maximum Gasteiger partial charge on any atom is 0.233 e. The third kappa shape index (κ3) is 1.84. The van der Waals surface area contributed by atoms with Crippen LogP contribution >= 0.6 is 0 Å². The molecule has 2 atom stereocenters. The van der Waals surface area contributed by atoms with Gasteiger partial charge in [0, 0.05) is 17.5 Å². The molecule has 0 saturated carbocycles. The number of hydrogen-bond donors (Lipinski definition) is 1. The number of nitrogen functional groups attached to an aromatic ring is 1. The number of carbonyl (C=O) groups excluding carboxylic acids is 2. The van der Waals surface area contributed by atoms with Gasteiger partial charge in [0.2, 0.25) is 17.7 Å². The van der Waals surface area contributed by atoms with E-state index >= 15 is 0 Å². The maximum absolute atomic E-state index is 12.0. The Morgan fingerprint density at radius 3 is 2.55 bits per heavy atom. The van der Waals surface area contributed by atoms with Crippen LogP contribution in [0.4, 0.5) is 5.69 Å². The zero-order valence-corrected chi connectivity index (χ0v) is 11.3. The lowest BCUT2D eigenvalue weighted by molar-refractivity contribution is -0.140. The molecule has 0 bridgehead atoms. The first-order valence-electron chi connectivity index (χ1n) is 6.47. The summed E-state index contributed by atoms with van der Waals surface area (Å²) in [7, 11) is 0. The van der Waals surface area contributed by atoms with Gasteiger partial charge in [-0.15, -0.1) is 0 Å². The van der Waals surface area contributed by atoms with Crippen molar-refractivity contribution in [2.45, 2.75) is 20.4 Å². The summed E-state index contributed by atoms with van der Waals surface area (Å²) in [5.41, 5.74) is 7.48. The van der Waals surface area contributed by atoms with Crippen LogP contribution in [0, 0.1) is 11.8 Å². The van der Waals surface area contributed by atoms with Crippen molar-refractivity contribution < 1.29 is 14.0 Å². The smallest absolute Gasteiger partial charge is 0.233 e. The molecule has 1 aliphatic heterocycles. The number of benzene rings is 1. The number of rotatable bonds is 2. The molecule has 1 aromatic heterocycles. The summed E-state index contributed by atoms with van der Waals surface area (Å²) in [6, 6.07) is 5.13. The molecule has 1 saturated heterocycles. The van der Waals surface area contributed by atoms with E-state index in [9.17, 15) is 9.59 Å². The first kappa shape index (κ1) is 12.7. The highest BCUT2D eigenvalue weighted by Crippen LogP contribution is 2.27. The Morgan fingerprint density at radius 1 is 1.25 bits per heavy atom. The molecule has 104 valence electrons. The van der Waals surface area contributed by atoms with Crippen LogP contribution in [0.3, 0.4) is 0 Å². The van der Waals surface area contributed by atoms with Crippen LogP contribution in [-0.4, -0.2) is 21.7 Å². The molecule has 0 spiro atoms. The quantitative estimate of drug-likeness (QED) is 0.662. The Morgan fingerprint density at radius 2 is 1.90 bits per heavy atom. The Kier molecular flexibility index (Phi) is 2.74. The fraction of sp³-hybridized carbons (Fsp3) is 0.357. The molecule has 1 aliphatic rings. The van der Waals surface area contributed by atoms with Gasteiger partial charge in [0.25, 0.3) is 0 Å². The van der Waals surface area contributed by atoms with Gasteiger partial charge in [0.1, 0.15) is 12.1 Å². The number of aromatic nitrogens is 1. The molecule has 2 N–H and O–H groups in total. The first-order chi connectivity index (χ1) is 9.47. The zero-order chi connectivity index (χ0) is 14.4. The van der Waals surface area contributed by atoms with Gasteiger partial charge in [0.15, 0.2) is 5.58 Å². The molecule has 2 aromatic rings. The normalized spacial score (nSPS) is 23.0. The van der Waals surface area contributed by atoms with Crippen molar-refractivity contribution in [3.63, 3.8) is 0 Å². The van der Waals surface area contributed by atoms with Crippen molar-refractivity contribution in [3.8, 4) is 0 Å². The van der Waals surface area contributed by atoms with Gasteiger partial charge in [-0.05, 0) is 18.2 Å². The predicted octanol–water partition coefficient (Wildman–Crippen LogP) is 1.55. The summed E-state index contributed by atoms with van der Waals surface area (Å²) in [4.78, 5) is 29.5. The summed E-state index contributed by atoms with van der Waals surface area (Å²) < 4.78 is 5.54. The largest absolute Gasteiger partial charge is 0.439 e. The van der Waals surface area contributed by atoms with Gasteiger partial charge in [-0.3, -0.25) is 14.5 Å². The minimum absolute atomic E-state index is 0.0704. The zero-order valence-electron chi connectivity index (χ0n) is 11.3. The Hall–Kier alpha value is -2.37.